The summed E-state index contributed by atoms with van der Waals surface area (Å²) in [5.74, 6) is 1.33. The van der Waals surface area contributed by atoms with Crippen molar-refractivity contribution in [1.82, 2.24) is 0 Å². The highest BCUT2D eigenvalue weighted by Crippen LogP contribution is 2.36. The Morgan fingerprint density at radius 2 is 1.92 bits per heavy atom. The summed E-state index contributed by atoms with van der Waals surface area (Å²) in [7, 11) is 3.25. The van der Waals surface area contributed by atoms with Crippen molar-refractivity contribution in [2.75, 3.05) is 32.3 Å². The first-order valence-electron chi connectivity index (χ1n) is 8.53. The molecule has 0 aliphatic carbocycles. The Labute approximate surface area is 153 Å². The number of allylic oxidation sites excluding steroid dienone is 1. The summed E-state index contributed by atoms with van der Waals surface area (Å²) in [5.41, 5.74) is 4.02. The van der Waals surface area contributed by atoms with Gasteiger partial charge in [-0.2, -0.15) is 0 Å². The summed E-state index contributed by atoms with van der Waals surface area (Å²) in [4.78, 5) is 13.9. The molecule has 26 heavy (non-hydrogen) atoms. The van der Waals surface area contributed by atoms with Gasteiger partial charge in [0.1, 0.15) is 6.61 Å². The van der Waals surface area contributed by atoms with Gasteiger partial charge in [0.25, 0.3) is 0 Å². The molecule has 1 aliphatic rings. The van der Waals surface area contributed by atoms with Crippen molar-refractivity contribution in [2.24, 2.45) is 0 Å². The first-order valence-corrected chi connectivity index (χ1v) is 8.53. The molecule has 0 spiro atoms. The first-order chi connectivity index (χ1) is 12.6. The van der Waals surface area contributed by atoms with Crippen LogP contribution in [0.3, 0.4) is 0 Å². The van der Waals surface area contributed by atoms with Crippen LogP contribution in [0, 0.1) is 0 Å². The first kappa shape index (κ1) is 18.0. The van der Waals surface area contributed by atoms with Crippen LogP contribution in [0.5, 0.6) is 11.5 Å². The fourth-order valence-corrected chi connectivity index (χ4v) is 3.12. The van der Waals surface area contributed by atoms with Crippen molar-refractivity contribution in [2.45, 2.75) is 13.3 Å². The lowest BCUT2D eigenvalue weighted by Gasteiger charge is -2.17. The third-order valence-corrected chi connectivity index (χ3v) is 4.27. The number of para-hydroxylation sites is 1. The number of methoxy groups -OCH3 is 2. The molecule has 5 nitrogen and oxygen atoms in total. The van der Waals surface area contributed by atoms with Crippen LogP contribution in [0.15, 0.2) is 48.2 Å². The van der Waals surface area contributed by atoms with E-state index < -0.39 is 0 Å². The van der Waals surface area contributed by atoms with Gasteiger partial charge in [-0.15, -0.1) is 0 Å². The lowest BCUT2D eigenvalue weighted by atomic mass is 10.1. The Hall–Kier alpha value is -2.79. The van der Waals surface area contributed by atoms with Gasteiger partial charge in [0.15, 0.2) is 11.5 Å². The molecule has 3 rings (SSSR count). The van der Waals surface area contributed by atoms with E-state index in [1.165, 1.54) is 0 Å². The molecule has 136 valence electrons. The van der Waals surface area contributed by atoms with Gasteiger partial charge >= 0.3 is 0 Å². The number of carbonyl (C=O) groups is 1. The van der Waals surface area contributed by atoms with Crippen LogP contribution in [-0.4, -0.2) is 33.3 Å². The summed E-state index contributed by atoms with van der Waals surface area (Å²) in [6, 6.07) is 13.7. The maximum atomic E-state index is 12.2. The van der Waals surface area contributed by atoms with E-state index in [-0.39, 0.29) is 5.91 Å². The highest BCUT2D eigenvalue weighted by Gasteiger charge is 2.26. The predicted molar refractivity (Wildman–Crippen MR) is 102 cm³/mol. The second kappa shape index (κ2) is 8.06. The highest BCUT2D eigenvalue weighted by molar-refractivity contribution is 5.99. The number of hydrogen-bond acceptors (Lipinski definition) is 4. The summed E-state index contributed by atoms with van der Waals surface area (Å²) >= 11 is 0. The average molecular weight is 353 g/mol. The average Bonchev–Trinajstić information content (AvgIpc) is 3.00. The number of ether oxygens (including phenoxy) is 3. The van der Waals surface area contributed by atoms with Crippen molar-refractivity contribution in [3.8, 4) is 11.5 Å². The largest absolute Gasteiger partial charge is 0.493 e. The van der Waals surface area contributed by atoms with Gasteiger partial charge in [0.05, 0.1) is 19.4 Å². The third-order valence-electron chi connectivity index (χ3n) is 4.27. The SMILES string of the molecule is COCCOc1ccc(C=C2Cc3ccccc3N2C(C)=O)cc1OC. The zero-order chi connectivity index (χ0) is 18.5. The molecule has 0 aromatic heterocycles. The fourth-order valence-electron chi connectivity index (χ4n) is 3.12. The summed E-state index contributed by atoms with van der Waals surface area (Å²) < 4.78 is 16.1. The van der Waals surface area contributed by atoms with Crippen molar-refractivity contribution in [3.63, 3.8) is 0 Å². The Balaban J connectivity index is 1.88. The standard InChI is InChI=1S/C21H23NO4/c1-15(23)22-18(14-17-6-4-5-7-19(17)22)12-16-8-9-20(21(13-16)25-3)26-11-10-24-2/h4-9,12-13H,10-11,14H2,1-3H3. The van der Waals surface area contributed by atoms with Crippen molar-refractivity contribution >= 4 is 17.7 Å². The molecular formula is C21H23NO4. The number of hydrogen-bond donors (Lipinski definition) is 0. The summed E-state index contributed by atoms with van der Waals surface area (Å²) in [6.07, 6.45) is 2.74. The molecule has 2 aromatic rings. The normalized spacial score (nSPS) is 14.4. The maximum absolute atomic E-state index is 12.2. The van der Waals surface area contributed by atoms with Gasteiger partial charge in [-0.3, -0.25) is 9.69 Å². The Morgan fingerprint density at radius 3 is 2.65 bits per heavy atom. The smallest absolute Gasteiger partial charge is 0.228 e. The Bertz CT molecular complexity index is 829. The van der Waals surface area contributed by atoms with E-state index in [9.17, 15) is 4.79 Å². The van der Waals surface area contributed by atoms with E-state index in [0.717, 1.165) is 28.9 Å². The van der Waals surface area contributed by atoms with E-state index in [1.54, 1.807) is 26.0 Å². The number of amides is 1. The van der Waals surface area contributed by atoms with Crippen molar-refractivity contribution in [1.29, 1.82) is 0 Å². The monoisotopic (exact) mass is 353 g/mol. The Kier molecular flexibility index (Phi) is 5.58. The van der Waals surface area contributed by atoms with Gasteiger partial charge in [-0.1, -0.05) is 24.3 Å². The lowest BCUT2D eigenvalue weighted by molar-refractivity contribution is -0.116. The van der Waals surface area contributed by atoms with Crippen LogP contribution >= 0.6 is 0 Å². The number of anilines is 1. The number of fused-ring (bicyclic) bond motifs is 1. The zero-order valence-corrected chi connectivity index (χ0v) is 15.3. The van der Waals surface area contributed by atoms with Crippen LogP contribution < -0.4 is 14.4 Å². The Morgan fingerprint density at radius 1 is 1.12 bits per heavy atom. The van der Waals surface area contributed by atoms with Gasteiger partial charge in [0.2, 0.25) is 5.91 Å². The third kappa shape index (κ3) is 3.73. The molecule has 1 heterocycles. The minimum Gasteiger partial charge on any atom is -0.493 e. The van der Waals surface area contributed by atoms with E-state index >= 15 is 0 Å². The van der Waals surface area contributed by atoms with E-state index in [1.807, 2.05) is 42.5 Å². The van der Waals surface area contributed by atoms with E-state index in [4.69, 9.17) is 14.2 Å². The second-order valence-electron chi connectivity index (χ2n) is 6.05. The fraction of sp³-hybridized carbons (Fsp3) is 0.286. The topological polar surface area (TPSA) is 48.0 Å². The van der Waals surface area contributed by atoms with Crippen LogP contribution in [0.4, 0.5) is 5.69 Å². The quantitative estimate of drug-likeness (QED) is 0.744. The van der Waals surface area contributed by atoms with Crippen LogP contribution in [0.1, 0.15) is 18.1 Å². The van der Waals surface area contributed by atoms with Gasteiger partial charge in [-0.05, 0) is 35.4 Å². The summed E-state index contributed by atoms with van der Waals surface area (Å²) in [5, 5.41) is 0. The number of nitrogens with zero attached hydrogens (tertiary/aromatic N) is 1. The minimum absolute atomic E-state index is 0.00711. The minimum atomic E-state index is 0.00711. The van der Waals surface area contributed by atoms with Crippen LogP contribution in [0.2, 0.25) is 0 Å². The van der Waals surface area contributed by atoms with Gasteiger partial charge in [-0.25, -0.2) is 0 Å². The molecule has 0 unspecified atom stereocenters. The highest BCUT2D eigenvalue weighted by atomic mass is 16.5. The molecule has 2 aromatic carbocycles. The van der Waals surface area contributed by atoms with Crippen molar-refractivity contribution < 1.29 is 19.0 Å². The molecule has 0 saturated heterocycles. The molecule has 5 heteroatoms. The molecule has 0 N–H and O–H groups in total. The molecule has 0 radical (unpaired) electrons. The van der Waals surface area contributed by atoms with Crippen molar-refractivity contribution in [3.05, 3.63) is 59.3 Å². The van der Waals surface area contributed by atoms with E-state index in [2.05, 4.69) is 6.07 Å². The van der Waals surface area contributed by atoms with Gasteiger partial charge in [0, 0.05) is 26.2 Å². The summed E-state index contributed by atoms with van der Waals surface area (Å²) in [6.45, 7) is 2.56. The van der Waals surface area contributed by atoms with Gasteiger partial charge < -0.3 is 14.2 Å². The molecule has 0 saturated carbocycles. The molecule has 1 aliphatic heterocycles. The number of carbonyl (C=O) groups excluding carboxylic acids is 1. The number of rotatable bonds is 6. The van der Waals surface area contributed by atoms with Crippen LogP contribution in [0.25, 0.3) is 6.08 Å². The maximum Gasteiger partial charge on any atom is 0.228 e. The molecule has 1 amide bonds. The predicted octanol–water partition coefficient (Wildman–Crippen LogP) is 3.67. The molecular weight excluding hydrogens is 330 g/mol. The number of benzene rings is 2. The van der Waals surface area contributed by atoms with E-state index in [0.29, 0.717) is 24.7 Å². The molecule has 0 fully saturated rings. The molecule has 0 bridgehead atoms. The molecule has 0 atom stereocenters. The lowest BCUT2D eigenvalue weighted by Crippen LogP contribution is -2.24. The van der Waals surface area contributed by atoms with Crippen LogP contribution in [-0.2, 0) is 16.0 Å². The second-order valence-corrected chi connectivity index (χ2v) is 6.05. The zero-order valence-electron chi connectivity index (χ0n) is 15.3.